The van der Waals surface area contributed by atoms with Crippen molar-refractivity contribution in [1.29, 1.82) is 0 Å². The first-order valence-corrected chi connectivity index (χ1v) is 10.7. The number of para-hydroxylation sites is 1. The molecule has 0 N–H and O–H groups in total. The van der Waals surface area contributed by atoms with Crippen LogP contribution in [0.1, 0.15) is 5.56 Å². The highest BCUT2D eigenvalue weighted by Crippen LogP contribution is 2.26. The SMILES string of the molecule is COc1ccc2c(C)cc3nn(CN4CCN(c5ccccc5F)CC4)c(=S)n3c2c1. The number of ether oxygens (including phenoxy) is 1. The summed E-state index contributed by atoms with van der Waals surface area (Å²) in [6.07, 6.45) is 0. The van der Waals surface area contributed by atoms with Crippen molar-refractivity contribution in [2.45, 2.75) is 13.6 Å². The van der Waals surface area contributed by atoms with E-state index in [1.165, 1.54) is 6.07 Å². The molecule has 1 saturated heterocycles. The van der Waals surface area contributed by atoms with Gasteiger partial charge in [-0.3, -0.25) is 9.30 Å². The number of pyridine rings is 1. The number of nitrogens with zero attached hydrogens (tertiary/aromatic N) is 5. The van der Waals surface area contributed by atoms with E-state index in [0.29, 0.717) is 17.1 Å². The fraction of sp³-hybridized carbons (Fsp3) is 0.304. The molecule has 0 amide bonds. The van der Waals surface area contributed by atoms with Crippen molar-refractivity contribution in [3.63, 3.8) is 0 Å². The van der Waals surface area contributed by atoms with E-state index in [4.69, 9.17) is 22.1 Å². The van der Waals surface area contributed by atoms with Crippen molar-refractivity contribution in [2.75, 3.05) is 38.2 Å². The minimum atomic E-state index is -0.170. The predicted molar refractivity (Wildman–Crippen MR) is 123 cm³/mol. The number of hydrogen-bond acceptors (Lipinski definition) is 5. The molecule has 0 spiro atoms. The van der Waals surface area contributed by atoms with E-state index in [2.05, 4.69) is 28.9 Å². The van der Waals surface area contributed by atoms with Crippen molar-refractivity contribution in [3.05, 3.63) is 64.7 Å². The molecule has 160 valence electrons. The Morgan fingerprint density at radius 1 is 1.06 bits per heavy atom. The van der Waals surface area contributed by atoms with Crippen LogP contribution in [0.5, 0.6) is 5.75 Å². The monoisotopic (exact) mass is 437 g/mol. The van der Waals surface area contributed by atoms with Gasteiger partial charge in [0.1, 0.15) is 11.6 Å². The van der Waals surface area contributed by atoms with Gasteiger partial charge in [-0.2, -0.15) is 5.10 Å². The van der Waals surface area contributed by atoms with Crippen molar-refractivity contribution in [3.8, 4) is 5.75 Å². The molecule has 2 aromatic carbocycles. The highest BCUT2D eigenvalue weighted by atomic mass is 32.1. The van der Waals surface area contributed by atoms with Crippen LogP contribution in [0.4, 0.5) is 10.1 Å². The summed E-state index contributed by atoms with van der Waals surface area (Å²) in [5.74, 6) is 0.620. The minimum absolute atomic E-state index is 0.170. The topological polar surface area (TPSA) is 37.9 Å². The summed E-state index contributed by atoms with van der Waals surface area (Å²) in [7, 11) is 1.66. The molecule has 0 saturated carbocycles. The molecule has 1 fully saturated rings. The standard InChI is InChI=1S/C23H24FN5OS/c1-16-13-22-25-28(23(31)29(22)21-14-17(30-2)7-8-18(16)21)15-26-9-11-27(12-10-26)20-6-4-3-5-19(20)24/h3-8,13-14H,9-12,15H2,1-2H3. The van der Waals surface area contributed by atoms with E-state index in [1.54, 1.807) is 13.2 Å². The van der Waals surface area contributed by atoms with Gasteiger partial charge >= 0.3 is 0 Å². The molecular formula is C23H24FN5OS. The number of piperazine rings is 1. The first kappa shape index (κ1) is 20.0. The second kappa shape index (κ2) is 7.94. The molecule has 0 atom stereocenters. The Bertz CT molecular complexity index is 1320. The summed E-state index contributed by atoms with van der Waals surface area (Å²) in [5, 5.41) is 5.91. The summed E-state index contributed by atoms with van der Waals surface area (Å²) < 4.78 is 24.1. The molecule has 31 heavy (non-hydrogen) atoms. The molecule has 0 radical (unpaired) electrons. The minimum Gasteiger partial charge on any atom is -0.497 e. The molecule has 1 aliphatic heterocycles. The third-order valence-electron chi connectivity index (χ3n) is 5.98. The Kier molecular flexibility index (Phi) is 5.11. The molecule has 3 heterocycles. The average Bonchev–Trinajstić information content (AvgIpc) is 3.09. The summed E-state index contributed by atoms with van der Waals surface area (Å²) in [6, 6.07) is 15.0. The summed E-state index contributed by atoms with van der Waals surface area (Å²) in [4.78, 5) is 4.40. The van der Waals surface area contributed by atoms with Gasteiger partial charge in [0, 0.05) is 37.6 Å². The number of hydrogen-bond donors (Lipinski definition) is 0. The third-order valence-corrected chi connectivity index (χ3v) is 6.37. The van der Waals surface area contributed by atoms with Crippen LogP contribution in [-0.2, 0) is 6.67 Å². The first-order valence-electron chi connectivity index (χ1n) is 10.3. The Labute approximate surface area is 185 Å². The zero-order valence-corrected chi connectivity index (χ0v) is 18.4. The lowest BCUT2D eigenvalue weighted by atomic mass is 10.1. The number of fused-ring (bicyclic) bond motifs is 3. The lowest BCUT2D eigenvalue weighted by molar-refractivity contribution is 0.194. The number of benzene rings is 2. The fourth-order valence-electron chi connectivity index (χ4n) is 4.29. The summed E-state index contributed by atoms with van der Waals surface area (Å²) in [6.45, 7) is 5.85. The lowest BCUT2D eigenvalue weighted by Crippen LogP contribution is -2.47. The van der Waals surface area contributed by atoms with Gasteiger partial charge in [-0.15, -0.1) is 0 Å². The van der Waals surface area contributed by atoms with E-state index in [0.717, 1.165) is 54.0 Å². The maximum atomic E-state index is 14.1. The van der Waals surface area contributed by atoms with Crippen molar-refractivity contribution in [2.24, 2.45) is 0 Å². The van der Waals surface area contributed by atoms with E-state index in [1.807, 2.05) is 33.3 Å². The van der Waals surface area contributed by atoms with Crippen LogP contribution in [0.3, 0.4) is 0 Å². The van der Waals surface area contributed by atoms with E-state index in [9.17, 15) is 4.39 Å². The molecule has 5 rings (SSSR count). The normalized spacial score (nSPS) is 15.1. The van der Waals surface area contributed by atoms with E-state index in [-0.39, 0.29) is 5.82 Å². The van der Waals surface area contributed by atoms with Crippen LogP contribution < -0.4 is 9.64 Å². The zero-order valence-electron chi connectivity index (χ0n) is 17.6. The Hall–Kier alpha value is -2.97. The second-order valence-corrected chi connectivity index (χ2v) is 8.25. The average molecular weight is 438 g/mol. The number of rotatable bonds is 4. The van der Waals surface area contributed by atoms with Crippen LogP contribution in [0, 0.1) is 17.5 Å². The van der Waals surface area contributed by atoms with E-state index < -0.39 is 0 Å². The second-order valence-electron chi connectivity index (χ2n) is 7.88. The number of aryl methyl sites for hydroxylation is 1. The van der Waals surface area contributed by atoms with Crippen LogP contribution >= 0.6 is 12.2 Å². The number of anilines is 1. The first-order chi connectivity index (χ1) is 15.0. The summed E-state index contributed by atoms with van der Waals surface area (Å²) >= 11 is 5.80. The molecule has 6 nitrogen and oxygen atoms in total. The predicted octanol–water partition coefficient (Wildman–Crippen LogP) is 4.25. The smallest absolute Gasteiger partial charge is 0.204 e. The Morgan fingerprint density at radius 3 is 2.58 bits per heavy atom. The van der Waals surface area contributed by atoms with Gasteiger partial charge in [0.15, 0.2) is 5.65 Å². The molecular weight excluding hydrogens is 413 g/mol. The third kappa shape index (κ3) is 3.55. The Morgan fingerprint density at radius 2 is 1.84 bits per heavy atom. The van der Waals surface area contributed by atoms with Gasteiger partial charge in [0.25, 0.3) is 0 Å². The van der Waals surface area contributed by atoms with Crippen LogP contribution in [0.25, 0.3) is 16.6 Å². The lowest BCUT2D eigenvalue weighted by Gasteiger charge is -2.35. The van der Waals surface area contributed by atoms with Gasteiger partial charge in [-0.25, -0.2) is 9.07 Å². The van der Waals surface area contributed by atoms with Gasteiger partial charge in [0.05, 0.1) is 25.0 Å². The Balaban J connectivity index is 1.41. The molecule has 0 aliphatic carbocycles. The molecule has 0 bridgehead atoms. The van der Waals surface area contributed by atoms with E-state index >= 15 is 0 Å². The fourth-order valence-corrected chi connectivity index (χ4v) is 4.58. The van der Waals surface area contributed by atoms with Gasteiger partial charge < -0.3 is 9.64 Å². The maximum Gasteiger partial charge on any atom is 0.204 e. The number of aromatic nitrogens is 3. The van der Waals surface area contributed by atoms with Crippen molar-refractivity contribution >= 4 is 34.5 Å². The zero-order chi connectivity index (χ0) is 21.5. The molecule has 0 unspecified atom stereocenters. The highest BCUT2D eigenvalue weighted by molar-refractivity contribution is 7.71. The van der Waals surface area contributed by atoms with Gasteiger partial charge in [0.2, 0.25) is 4.77 Å². The molecule has 8 heteroatoms. The van der Waals surface area contributed by atoms with Gasteiger partial charge in [-0.1, -0.05) is 12.1 Å². The van der Waals surface area contributed by atoms with Crippen LogP contribution in [-0.4, -0.2) is 52.4 Å². The summed E-state index contributed by atoms with van der Waals surface area (Å²) in [5.41, 5.74) is 3.64. The largest absolute Gasteiger partial charge is 0.497 e. The highest BCUT2D eigenvalue weighted by Gasteiger charge is 2.20. The number of halogens is 1. The van der Waals surface area contributed by atoms with Gasteiger partial charge in [-0.05, 0) is 55.0 Å². The van der Waals surface area contributed by atoms with Crippen molar-refractivity contribution < 1.29 is 9.13 Å². The van der Waals surface area contributed by atoms with Crippen LogP contribution in [0.15, 0.2) is 48.5 Å². The molecule has 2 aromatic heterocycles. The maximum absolute atomic E-state index is 14.1. The quantitative estimate of drug-likeness (QED) is 0.446. The molecule has 1 aliphatic rings. The number of methoxy groups -OCH3 is 1. The van der Waals surface area contributed by atoms with Crippen molar-refractivity contribution in [1.82, 2.24) is 19.1 Å². The van der Waals surface area contributed by atoms with Crippen LogP contribution in [0.2, 0.25) is 0 Å². The molecule has 4 aromatic rings.